The number of fused-ring (bicyclic) bond motifs is 1. The monoisotopic (exact) mass is 565 g/mol. The number of carbonyl (C=O) groups excluding carboxylic acids is 1. The van der Waals surface area contributed by atoms with E-state index in [-0.39, 0.29) is 11.7 Å². The zero-order valence-electron chi connectivity index (χ0n) is 21.6. The number of halogens is 1. The van der Waals surface area contributed by atoms with Gasteiger partial charge in [-0.2, -0.15) is 0 Å². The normalized spacial score (nSPS) is 12.8. The average Bonchev–Trinajstić information content (AvgIpc) is 3.61. The van der Waals surface area contributed by atoms with E-state index in [1.165, 1.54) is 17.4 Å². The standard InChI is InChI=1S/C28H28FN5O3S2/c1-17(35)34(11-12-36-2)16-18-3-7-22(31-15-18)26-14-23-27(39-26)25(9-10-30-23)37-24-8-6-20(13-21(24)29)33-28(38)32-19-4-5-19/h3,6-10,13-15,19H,4-5,11-12,16H2,1-2H3,(H2,32,33,38). The van der Waals surface area contributed by atoms with Crippen LogP contribution >= 0.6 is 23.6 Å². The molecule has 11 heteroatoms. The summed E-state index contributed by atoms with van der Waals surface area (Å²) in [4.78, 5) is 23.6. The molecule has 5 rings (SSSR count). The van der Waals surface area contributed by atoms with Crippen LogP contribution in [0.15, 0.2) is 54.9 Å². The van der Waals surface area contributed by atoms with Crippen LogP contribution in [0.5, 0.6) is 11.5 Å². The zero-order valence-corrected chi connectivity index (χ0v) is 23.2. The highest BCUT2D eigenvalue weighted by Gasteiger charge is 2.22. The number of hydrogen-bond acceptors (Lipinski definition) is 7. The molecule has 1 aliphatic carbocycles. The Hall–Kier alpha value is -3.67. The largest absolute Gasteiger partial charge is 0.453 e. The molecule has 1 fully saturated rings. The number of carbonyl (C=O) groups is 1. The number of pyridine rings is 2. The molecule has 0 radical (unpaired) electrons. The smallest absolute Gasteiger partial charge is 0.219 e. The van der Waals surface area contributed by atoms with Crippen LogP contribution in [-0.4, -0.2) is 52.2 Å². The lowest BCUT2D eigenvalue weighted by atomic mass is 10.2. The van der Waals surface area contributed by atoms with Gasteiger partial charge in [-0.3, -0.25) is 14.8 Å². The number of anilines is 1. The van der Waals surface area contributed by atoms with Crippen molar-refractivity contribution >= 4 is 50.5 Å². The Morgan fingerprint density at radius 2 is 2.03 bits per heavy atom. The van der Waals surface area contributed by atoms with Gasteiger partial charge in [0, 0.05) is 63.4 Å². The van der Waals surface area contributed by atoms with Crippen LogP contribution in [-0.2, 0) is 16.1 Å². The summed E-state index contributed by atoms with van der Waals surface area (Å²) in [6.45, 7) is 2.99. The van der Waals surface area contributed by atoms with Gasteiger partial charge in [-0.15, -0.1) is 11.3 Å². The Labute approximate surface area is 235 Å². The van der Waals surface area contributed by atoms with E-state index in [0.717, 1.165) is 39.2 Å². The molecule has 1 aliphatic rings. The van der Waals surface area contributed by atoms with Gasteiger partial charge in [-0.1, -0.05) is 6.07 Å². The summed E-state index contributed by atoms with van der Waals surface area (Å²) >= 11 is 6.74. The molecule has 1 aromatic carbocycles. The number of methoxy groups -OCH3 is 1. The maximum Gasteiger partial charge on any atom is 0.219 e. The van der Waals surface area contributed by atoms with E-state index < -0.39 is 5.82 Å². The first-order chi connectivity index (χ1) is 18.9. The van der Waals surface area contributed by atoms with Crippen molar-refractivity contribution in [3.63, 3.8) is 0 Å². The molecule has 0 unspecified atom stereocenters. The van der Waals surface area contributed by atoms with Crippen molar-refractivity contribution in [3.8, 4) is 22.1 Å². The Morgan fingerprint density at radius 1 is 1.18 bits per heavy atom. The lowest BCUT2D eigenvalue weighted by Crippen LogP contribution is -2.31. The topological polar surface area (TPSA) is 88.6 Å². The molecule has 4 aromatic rings. The number of thiophene rings is 1. The SMILES string of the molecule is COCCN(Cc1ccc(-c2cc3nccc(Oc4ccc(NC(=S)NC5CC5)cc4F)c3s2)nc1)C(C)=O. The van der Waals surface area contributed by atoms with E-state index in [9.17, 15) is 9.18 Å². The van der Waals surface area contributed by atoms with Crippen molar-refractivity contribution in [1.29, 1.82) is 0 Å². The van der Waals surface area contributed by atoms with Gasteiger partial charge in [-0.05, 0) is 54.9 Å². The van der Waals surface area contributed by atoms with Crippen LogP contribution < -0.4 is 15.4 Å². The predicted molar refractivity (Wildman–Crippen MR) is 155 cm³/mol. The van der Waals surface area contributed by atoms with E-state index in [1.807, 2.05) is 18.2 Å². The number of rotatable bonds is 10. The van der Waals surface area contributed by atoms with Crippen LogP contribution in [0.4, 0.5) is 10.1 Å². The van der Waals surface area contributed by atoms with Gasteiger partial charge in [0.05, 0.1) is 27.4 Å². The molecular weight excluding hydrogens is 537 g/mol. The quantitative estimate of drug-likeness (QED) is 0.236. The molecule has 0 spiro atoms. The highest BCUT2D eigenvalue weighted by atomic mass is 32.1. The molecule has 3 aromatic heterocycles. The molecule has 1 amide bonds. The van der Waals surface area contributed by atoms with Crippen LogP contribution in [0.25, 0.3) is 20.8 Å². The minimum atomic E-state index is -0.502. The first-order valence-corrected chi connectivity index (χ1v) is 13.8. The Morgan fingerprint density at radius 3 is 2.72 bits per heavy atom. The zero-order chi connectivity index (χ0) is 27.4. The number of aromatic nitrogens is 2. The fourth-order valence-corrected chi connectivity index (χ4v) is 5.24. The van der Waals surface area contributed by atoms with E-state index in [0.29, 0.717) is 42.3 Å². The second kappa shape index (κ2) is 12.0. The maximum absolute atomic E-state index is 14.9. The van der Waals surface area contributed by atoms with E-state index in [1.54, 1.807) is 49.5 Å². The Balaban J connectivity index is 1.30. The minimum absolute atomic E-state index is 0.0179. The fourth-order valence-electron chi connectivity index (χ4n) is 3.91. The third-order valence-corrected chi connectivity index (χ3v) is 7.54. The number of nitrogens with one attached hydrogen (secondary N) is 2. The second-order valence-corrected chi connectivity index (χ2v) is 10.7. The fraction of sp³-hybridized carbons (Fsp3) is 0.286. The molecule has 2 N–H and O–H groups in total. The molecule has 39 heavy (non-hydrogen) atoms. The first kappa shape index (κ1) is 26.9. The van der Waals surface area contributed by atoms with E-state index >= 15 is 0 Å². The lowest BCUT2D eigenvalue weighted by Gasteiger charge is -2.20. The van der Waals surface area contributed by atoms with Crippen LogP contribution in [0.3, 0.4) is 0 Å². The highest BCUT2D eigenvalue weighted by molar-refractivity contribution is 7.80. The number of amides is 1. The highest BCUT2D eigenvalue weighted by Crippen LogP contribution is 2.39. The van der Waals surface area contributed by atoms with Crippen LogP contribution in [0, 0.1) is 5.82 Å². The van der Waals surface area contributed by atoms with Gasteiger partial charge >= 0.3 is 0 Å². The summed E-state index contributed by atoms with van der Waals surface area (Å²) in [5.41, 5.74) is 2.98. The first-order valence-electron chi connectivity index (χ1n) is 12.5. The van der Waals surface area contributed by atoms with Crippen molar-refractivity contribution in [2.75, 3.05) is 25.6 Å². The third kappa shape index (κ3) is 6.86. The molecule has 0 atom stereocenters. The molecule has 0 aliphatic heterocycles. The van der Waals surface area contributed by atoms with Crippen LogP contribution in [0.2, 0.25) is 0 Å². The molecule has 202 valence electrons. The molecular formula is C28H28FN5O3S2. The molecule has 1 saturated carbocycles. The summed E-state index contributed by atoms with van der Waals surface area (Å²) in [7, 11) is 1.61. The predicted octanol–water partition coefficient (Wildman–Crippen LogP) is 5.73. The molecule has 3 heterocycles. The maximum atomic E-state index is 14.9. The van der Waals surface area contributed by atoms with Gasteiger partial charge in [-0.25, -0.2) is 4.39 Å². The van der Waals surface area contributed by atoms with Gasteiger partial charge in [0.25, 0.3) is 0 Å². The molecule has 0 bridgehead atoms. The number of hydrogen-bond donors (Lipinski definition) is 2. The van der Waals surface area contributed by atoms with E-state index in [4.69, 9.17) is 21.7 Å². The lowest BCUT2D eigenvalue weighted by molar-refractivity contribution is -0.130. The molecule has 0 saturated heterocycles. The number of ether oxygens (including phenoxy) is 2. The van der Waals surface area contributed by atoms with Crippen molar-refractivity contribution in [2.24, 2.45) is 0 Å². The van der Waals surface area contributed by atoms with E-state index in [2.05, 4.69) is 20.6 Å². The average molecular weight is 566 g/mol. The van der Waals surface area contributed by atoms with Crippen LogP contribution in [0.1, 0.15) is 25.3 Å². The Kier molecular flexibility index (Phi) is 8.30. The minimum Gasteiger partial charge on any atom is -0.453 e. The summed E-state index contributed by atoms with van der Waals surface area (Å²) in [5, 5.41) is 6.66. The van der Waals surface area contributed by atoms with Gasteiger partial charge in [0.15, 0.2) is 16.7 Å². The number of benzene rings is 1. The summed E-state index contributed by atoms with van der Waals surface area (Å²) < 4.78 is 26.8. The van der Waals surface area contributed by atoms with Crippen molar-refractivity contribution < 1.29 is 18.7 Å². The summed E-state index contributed by atoms with van der Waals surface area (Å²) in [6, 6.07) is 12.6. The third-order valence-electron chi connectivity index (χ3n) is 6.16. The number of nitrogens with zero attached hydrogens (tertiary/aromatic N) is 3. The second-order valence-electron chi connectivity index (χ2n) is 9.24. The molecule has 8 nitrogen and oxygen atoms in total. The van der Waals surface area contributed by atoms with Crippen molar-refractivity contribution in [1.82, 2.24) is 20.2 Å². The summed E-state index contributed by atoms with van der Waals surface area (Å²) in [6.07, 6.45) is 5.61. The van der Waals surface area contributed by atoms with Gasteiger partial charge < -0.3 is 25.0 Å². The Bertz CT molecular complexity index is 1490. The van der Waals surface area contributed by atoms with Crippen molar-refractivity contribution in [3.05, 3.63) is 66.2 Å². The van der Waals surface area contributed by atoms with Crippen molar-refractivity contribution in [2.45, 2.75) is 32.4 Å². The van der Waals surface area contributed by atoms with Gasteiger partial charge in [0.2, 0.25) is 5.91 Å². The van der Waals surface area contributed by atoms with Gasteiger partial charge in [0.1, 0.15) is 5.75 Å². The number of thiocarbonyl (C=S) groups is 1. The summed E-state index contributed by atoms with van der Waals surface area (Å²) in [5.74, 6) is 0.0950.